The first-order valence-corrected chi connectivity index (χ1v) is 13.7. The van der Waals surface area contributed by atoms with Gasteiger partial charge in [0.15, 0.2) is 23.6 Å². The molecule has 0 aliphatic heterocycles. The number of aryl methyl sites for hydroxylation is 2. The van der Waals surface area contributed by atoms with Crippen molar-refractivity contribution in [2.24, 2.45) is 0 Å². The minimum atomic E-state index is -0.314. The van der Waals surface area contributed by atoms with Gasteiger partial charge in [0.25, 0.3) is 5.91 Å². The van der Waals surface area contributed by atoms with E-state index >= 15 is 0 Å². The highest BCUT2D eigenvalue weighted by Gasteiger charge is 2.26. The van der Waals surface area contributed by atoms with Gasteiger partial charge >= 0.3 is 0 Å². The first kappa shape index (κ1) is 26.1. The number of fused-ring (bicyclic) bond motifs is 2. The molecule has 7 rings (SSSR count). The molecule has 43 heavy (non-hydrogen) atoms. The fourth-order valence-electron chi connectivity index (χ4n) is 5.57. The highest BCUT2D eigenvalue weighted by molar-refractivity contribution is 5.96. The number of aromatic hydroxyl groups is 1. The highest BCUT2D eigenvalue weighted by Crippen LogP contribution is 2.36. The fourth-order valence-corrected chi connectivity index (χ4v) is 5.57. The molecule has 1 aliphatic rings. The van der Waals surface area contributed by atoms with Crippen LogP contribution >= 0.6 is 0 Å². The summed E-state index contributed by atoms with van der Waals surface area (Å²) in [6, 6.07) is 19.5. The molecule has 6 aromatic rings. The van der Waals surface area contributed by atoms with Crippen LogP contribution in [0.1, 0.15) is 50.0 Å². The van der Waals surface area contributed by atoms with Crippen molar-refractivity contribution in [1.82, 2.24) is 34.6 Å². The number of aromatic nitrogens is 6. The lowest BCUT2D eigenvalue weighted by Gasteiger charge is -2.16. The summed E-state index contributed by atoms with van der Waals surface area (Å²) in [5.74, 6) is 1.15. The Kier molecular flexibility index (Phi) is 6.19. The molecule has 212 valence electrons. The lowest BCUT2D eigenvalue weighted by molar-refractivity contribution is 0.0936. The van der Waals surface area contributed by atoms with E-state index in [1.165, 1.54) is 18.2 Å². The second-order valence-electron chi connectivity index (χ2n) is 10.5. The molecule has 11 heteroatoms. The standard InChI is InChI=1S/C32H26N8O3/c1-18-12-14-39(38-18)28-11-9-26-31(37-28)40(30(35-26)24-3-2-13-34-29(24)33)22-6-7-23-19(16-22)4-8-25(23)36-32(43)20-5-10-27(42)21(15-20)17-41/h2-3,5-7,9-17,25,42H,4,8H2,1H3,(H2,33,34)(H,36,43)/t25-/m0/s1. The zero-order valence-corrected chi connectivity index (χ0v) is 23.1. The number of phenolic OH excluding ortho intramolecular Hbond substituents is 1. The Balaban J connectivity index is 1.29. The summed E-state index contributed by atoms with van der Waals surface area (Å²) in [4.78, 5) is 38.4. The van der Waals surface area contributed by atoms with Gasteiger partial charge in [-0.15, -0.1) is 0 Å². The van der Waals surface area contributed by atoms with Crippen LogP contribution in [0.3, 0.4) is 0 Å². The molecule has 4 heterocycles. The van der Waals surface area contributed by atoms with Crippen LogP contribution in [-0.2, 0) is 6.42 Å². The summed E-state index contributed by atoms with van der Waals surface area (Å²) >= 11 is 0. The fraction of sp³-hybridized carbons (Fsp3) is 0.125. The molecule has 0 spiro atoms. The molecule has 1 aliphatic carbocycles. The van der Waals surface area contributed by atoms with Gasteiger partial charge in [0.2, 0.25) is 0 Å². The van der Waals surface area contributed by atoms with Crippen molar-refractivity contribution in [2.75, 3.05) is 5.73 Å². The maximum Gasteiger partial charge on any atom is 0.251 e. The number of aldehydes is 1. The molecule has 0 saturated carbocycles. The van der Waals surface area contributed by atoms with E-state index in [-0.39, 0.29) is 23.3 Å². The van der Waals surface area contributed by atoms with Gasteiger partial charge in [-0.2, -0.15) is 5.10 Å². The van der Waals surface area contributed by atoms with Crippen LogP contribution in [0, 0.1) is 6.92 Å². The molecule has 4 aromatic heterocycles. The van der Waals surface area contributed by atoms with E-state index in [2.05, 4.69) is 21.5 Å². The minimum absolute atomic E-state index is 0.0705. The zero-order valence-electron chi connectivity index (χ0n) is 23.1. The number of carbonyl (C=O) groups is 2. The van der Waals surface area contributed by atoms with Gasteiger partial charge in [0.05, 0.1) is 22.9 Å². The monoisotopic (exact) mass is 570 g/mol. The Bertz CT molecular complexity index is 2060. The predicted octanol–water partition coefficient (Wildman–Crippen LogP) is 4.49. The molecule has 1 atom stereocenters. The molecule has 0 unspecified atom stereocenters. The first-order valence-electron chi connectivity index (χ1n) is 13.7. The van der Waals surface area contributed by atoms with Crippen molar-refractivity contribution in [3.8, 4) is 28.6 Å². The summed E-state index contributed by atoms with van der Waals surface area (Å²) in [5.41, 5.74) is 12.5. The predicted molar refractivity (Wildman–Crippen MR) is 160 cm³/mol. The zero-order chi connectivity index (χ0) is 29.7. The van der Waals surface area contributed by atoms with Gasteiger partial charge in [0.1, 0.15) is 17.1 Å². The number of nitrogens with one attached hydrogen (secondary N) is 1. The van der Waals surface area contributed by atoms with E-state index in [9.17, 15) is 14.7 Å². The van der Waals surface area contributed by atoms with Crippen LogP contribution in [0.2, 0.25) is 0 Å². The number of amides is 1. The molecule has 0 radical (unpaired) electrons. The Hall–Kier alpha value is -5.84. The summed E-state index contributed by atoms with van der Waals surface area (Å²) in [7, 11) is 0. The smallest absolute Gasteiger partial charge is 0.251 e. The number of imidazole rings is 1. The average Bonchev–Trinajstić information content (AvgIpc) is 3.73. The van der Waals surface area contributed by atoms with Gasteiger partial charge in [-0.3, -0.25) is 14.2 Å². The molecule has 0 bridgehead atoms. The van der Waals surface area contributed by atoms with Crippen LogP contribution in [0.15, 0.2) is 79.1 Å². The molecule has 11 nitrogen and oxygen atoms in total. The van der Waals surface area contributed by atoms with E-state index in [4.69, 9.17) is 15.7 Å². The quantitative estimate of drug-likeness (QED) is 0.248. The largest absolute Gasteiger partial charge is 0.507 e. The number of pyridine rings is 2. The number of benzene rings is 2. The van der Waals surface area contributed by atoms with Crippen LogP contribution < -0.4 is 11.1 Å². The number of hydrogen-bond acceptors (Lipinski definition) is 8. The topological polar surface area (TPSA) is 154 Å². The normalized spacial score (nSPS) is 14.1. The number of anilines is 1. The SMILES string of the molecule is Cc1ccn(-c2ccc3nc(-c4cccnc4N)n(-c4ccc5c(c4)CC[C@@H]5NC(=O)c4ccc(O)c(C=O)c4)c3n2)n1. The Morgan fingerprint density at radius 3 is 2.77 bits per heavy atom. The molecule has 4 N–H and O–H groups in total. The summed E-state index contributed by atoms with van der Waals surface area (Å²) in [6.45, 7) is 1.93. The number of nitrogens with zero attached hydrogens (tertiary/aromatic N) is 6. The lowest BCUT2D eigenvalue weighted by Crippen LogP contribution is -2.27. The molecular weight excluding hydrogens is 544 g/mol. The summed E-state index contributed by atoms with van der Waals surface area (Å²) in [6.07, 6.45) is 5.51. The number of hydrogen-bond donors (Lipinski definition) is 3. The third-order valence-electron chi connectivity index (χ3n) is 7.71. The van der Waals surface area contributed by atoms with Crippen LogP contribution in [-0.4, -0.2) is 46.6 Å². The molecule has 0 fully saturated rings. The Labute approximate surface area is 245 Å². The molecule has 0 saturated heterocycles. The summed E-state index contributed by atoms with van der Waals surface area (Å²) < 4.78 is 3.71. The number of nitrogen functional groups attached to an aromatic ring is 1. The molecular formula is C32H26N8O3. The van der Waals surface area contributed by atoms with Crippen LogP contribution in [0.4, 0.5) is 5.82 Å². The van der Waals surface area contributed by atoms with E-state index in [1.54, 1.807) is 10.9 Å². The van der Waals surface area contributed by atoms with Gasteiger partial charge in [0, 0.05) is 23.6 Å². The van der Waals surface area contributed by atoms with Crippen molar-refractivity contribution < 1.29 is 14.7 Å². The van der Waals surface area contributed by atoms with E-state index in [1.807, 2.05) is 60.2 Å². The molecule has 2 aromatic carbocycles. The first-order chi connectivity index (χ1) is 20.9. The second kappa shape index (κ2) is 10.2. The van der Waals surface area contributed by atoms with Crippen molar-refractivity contribution in [3.63, 3.8) is 0 Å². The average molecular weight is 571 g/mol. The Morgan fingerprint density at radius 2 is 1.98 bits per heavy atom. The summed E-state index contributed by atoms with van der Waals surface area (Å²) in [5, 5.41) is 17.4. The van der Waals surface area contributed by atoms with Crippen LogP contribution in [0.5, 0.6) is 5.75 Å². The van der Waals surface area contributed by atoms with Gasteiger partial charge in [-0.25, -0.2) is 19.6 Å². The van der Waals surface area contributed by atoms with Gasteiger partial charge in [-0.05, 0) is 91.6 Å². The maximum atomic E-state index is 13.0. The van der Waals surface area contributed by atoms with Crippen molar-refractivity contribution in [1.29, 1.82) is 0 Å². The van der Waals surface area contributed by atoms with E-state index in [0.717, 1.165) is 35.3 Å². The third kappa shape index (κ3) is 4.56. The van der Waals surface area contributed by atoms with Crippen molar-refractivity contribution in [3.05, 3.63) is 107 Å². The molecule has 1 amide bonds. The third-order valence-corrected chi connectivity index (χ3v) is 7.71. The van der Waals surface area contributed by atoms with E-state index in [0.29, 0.717) is 46.0 Å². The second-order valence-corrected chi connectivity index (χ2v) is 10.5. The van der Waals surface area contributed by atoms with Crippen molar-refractivity contribution >= 4 is 29.2 Å². The number of nitrogens with two attached hydrogens (primary N) is 1. The van der Waals surface area contributed by atoms with Gasteiger partial charge < -0.3 is 16.2 Å². The number of carbonyl (C=O) groups excluding carboxylic acids is 2. The van der Waals surface area contributed by atoms with E-state index < -0.39 is 0 Å². The number of phenols is 1. The highest BCUT2D eigenvalue weighted by atomic mass is 16.3. The lowest BCUT2D eigenvalue weighted by atomic mass is 10.1. The minimum Gasteiger partial charge on any atom is -0.507 e. The van der Waals surface area contributed by atoms with Gasteiger partial charge in [-0.1, -0.05) is 6.07 Å². The van der Waals surface area contributed by atoms with Crippen LogP contribution in [0.25, 0.3) is 34.1 Å². The Morgan fingerprint density at radius 1 is 1.09 bits per heavy atom. The maximum absolute atomic E-state index is 13.0. The number of rotatable bonds is 6. The van der Waals surface area contributed by atoms with Crippen molar-refractivity contribution in [2.45, 2.75) is 25.8 Å².